The van der Waals surface area contributed by atoms with Crippen molar-refractivity contribution in [2.45, 2.75) is 112 Å². The van der Waals surface area contributed by atoms with E-state index in [9.17, 15) is 0 Å². The van der Waals surface area contributed by atoms with Crippen molar-refractivity contribution in [2.24, 2.45) is 0 Å². The summed E-state index contributed by atoms with van der Waals surface area (Å²) in [5.74, 6) is 0. The average Bonchev–Trinajstić information content (AvgIpc) is 2.34. The second-order valence-electron chi connectivity index (χ2n) is 6.14. The highest BCUT2D eigenvalue weighted by Gasteiger charge is 2.08. The Morgan fingerprint density at radius 3 is 1.05 bits per heavy atom. The molecular weight excluding hydrogens is 230 g/mol. The zero-order valence-corrected chi connectivity index (χ0v) is 15.0. The van der Waals surface area contributed by atoms with Crippen molar-refractivity contribution < 1.29 is 0 Å². The van der Waals surface area contributed by atoms with Crippen LogP contribution in [-0.2, 0) is 0 Å². The molecule has 0 spiro atoms. The van der Waals surface area contributed by atoms with Crippen LogP contribution in [-0.4, -0.2) is 23.5 Å². The normalized spacial score (nSPS) is 11.1. The van der Waals surface area contributed by atoms with Gasteiger partial charge < -0.3 is 0 Å². The largest absolute Gasteiger partial charge is 0.299 e. The van der Waals surface area contributed by atoms with Crippen molar-refractivity contribution in [2.75, 3.05) is 6.54 Å². The SMILES string of the molecule is CCCCCCCCCC.CCN(C(C)C)C(C)C. The van der Waals surface area contributed by atoms with Crippen molar-refractivity contribution in [3.8, 4) is 0 Å². The number of hydrogen-bond donors (Lipinski definition) is 0. The highest BCUT2D eigenvalue weighted by atomic mass is 15.2. The van der Waals surface area contributed by atoms with Gasteiger partial charge in [0.15, 0.2) is 0 Å². The van der Waals surface area contributed by atoms with E-state index < -0.39 is 0 Å². The van der Waals surface area contributed by atoms with Gasteiger partial charge in [-0.3, -0.25) is 4.90 Å². The van der Waals surface area contributed by atoms with Crippen molar-refractivity contribution >= 4 is 0 Å². The average molecular weight is 272 g/mol. The van der Waals surface area contributed by atoms with Crippen LogP contribution in [0.15, 0.2) is 0 Å². The molecule has 19 heavy (non-hydrogen) atoms. The Bertz CT molecular complexity index is 136. The first-order chi connectivity index (χ1) is 9.01. The summed E-state index contributed by atoms with van der Waals surface area (Å²) in [4.78, 5) is 2.46. The Balaban J connectivity index is 0. The fourth-order valence-electron chi connectivity index (χ4n) is 2.53. The highest BCUT2D eigenvalue weighted by molar-refractivity contribution is 4.64. The van der Waals surface area contributed by atoms with E-state index in [0.717, 1.165) is 6.54 Å². The lowest BCUT2D eigenvalue weighted by Crippen LogP contribution is -2.36. The topological polar surface area (TPSA) is 3.24 Å². The summed E-state index contributed by atoms with van der Waals surface area (Å²) in [6, 6.07) is 1.38. The molecule has 0 aromatic carbocycles. The van der Waals surface area contributed by atoms with E-state index in [1.165, 1.54) is 51.4 Å². The number of unbranched alkanes of at least 4 members (excludes halogenated alkanes) is 7. The first kappa shape index (κ1) is 21.3. The molecule has 0 saturated heterocycles. The van der Waals surface area contributed by atoms with Gasteiger partial charge in [0, 0.05) is 12.1 Å². The number of hydrogen-bond acceptors (Lipinski definition) is 1. The molecule has 0 bridgehead atoms. The van der Waals surface area contributed by atoms with Gasteiger partial charge in [0.05, 0.1) is 0 Å². The van der Waals surface area contributed by atoms with Crippen molar-refractivity contribution in [3.63, 3.8) is 0 Å². The standard InChI is InChI=1S/C10H22.C8H19N/c1-3-5-7-9-10-8-6-4-2;1-6-9(7(2)3)8(4)5/h3-10H2,1-2H3;7-8H,6H2,1-5H3. The summed E-state index contributed by atoms with van der Waals surface area (Å²) in [7, 11) is 0. The van der Waals surface area contributed by atoms with Crippen LogP contribution in [0, 0.1) is 0 Å². The number of nitrogens with zero attached hydrogens (tertiary/aromatic N) is 1. The Morgan fingerprint density at radius 2 is 0.895 bits per heavy atom. The van der Waals surface area contributed by atoms with E-state index in [-0.39, 0.29) is 0 Å². The lowest BCUT2D eigenvalue weighted by atomic mass is 10.1. The lowest BCUT2D eigenvalue weighted by molar-refractivity contribution is 0.185. The third-order valence-corrected chi connectivity index (χ3v) is 3.65. The molecule has 1 heteroatoms. The summed E-state index contributed by atoms with van der Waals surface area (Å²) >= 11 is 0. The quantitative estimate of drug-likeness (QED) is 0.423. The van der Waals surface area contributed by atoms with Crippen LogP contribution in [0.5, 0.6) is 0 Å². The molecule has 0 radical (unpaired) electrons. The smallest absolute Gasteiger partial charge is 0.00411 e. The van der Waals surface area contributed by atoms with Crippen molar-refractivity contribution in [1.29, 1.82) is 0 Å². The van der Waals surface area contributed by atoms with E-state index in [0.29, 0.717) is 12.1 Å². The van der Waals surface area contributed by atoms with Crippen LogP contribution in [0.1, 0.15) is 99.8 Å². The molecule has 0 unspecified atom stereocenters. The monoisotopic (exact) mass is 271 g/mol. The van der Waals surface area contributed by atoms with Gasteiger partial charge in [0.25, 0.3) is 0 Å². The Kier molecular flexibility index (Phi) is 17.9. The van der Waals surface area contributed by atoms with E-state index in [1.54, 1.807) is 0 Å². The first-order valence-corrected chi connectivity index (χ1v) is 8.76. The van der Waals surface area contributed by atoms with E-state index in [1.807, 2.05) is 0 Å². The summed E-state index contributed by atoms with van der Waals surface area (Å²) < 4.78 is 0. The maximum Gasteiger partial charge on any atom is 0.00411 e. The molecule has 0 aliphatic rings. The van der Waals surface area contributed by atoms with Crippen molar-refractivity contribution in [3.05, 3.63) is 0 Å². The third kappa shape index (κ3) is 15.9. The summed E-state index contributed by atoms with van der Waals surface area (Å²) in [5, 5.41) is 0. The summed E-state index contributed by atoms with van der Waals surface area (Å²) in [6.07, 6.45) is 11.5. The fourth-order valence-corrected chi connectivity index (χ4v) is 2.53. The van der Waals surface area contributed by atoms with Gasteiger partial charge in [-0.05, 0) is 34.2 Å². The Morgan fingerprint density at radius 1 is 0.579 bits per heavy atom. The fraction of sp³-hybridized carbons (Fsp3) is 1.00. The maximum atomic E-state index is 2.46. The molecule has 0 fully saturated rings. The Hall–Kier alpha value is -0.0400. The number of rotatable bonds is 10. The van der Waals surface area contributed by atoms with Gasteiger partial charge >= 0.3 is 0 Å². The first-order valence-electron chi connectivity index (χ1n) is 8.76. The molecule has 0 heterocycles. The molecular formula is C18H41N. The maximum absolute atomic E-state index is 2.46. The Labute approximate surface area is 124 Å². The van der Waals surface area contributed by atoms with Gasteiger partial charge in [-0.1, -0.05) is 72.1 Å². The predicted octanol–water partition coefficient (Wildman–Crippen LogP) is 6.27. The summed E-state index contributed by atoms with van der Waals surface area (Å²) in [6.45, 7) is 16.9. The zero-order chi connectivity index (χ0) is 15.1. The molecule has 0 aromatic heterocycles. The molecule has 0 aliphatic carbocycles. The van der Waals surface area contributed by atoms with Gasteiger partial charge in [-0.25, -0.2) is 0 Å². The minimum absolute atomic E-state index is 0.690. The molecule has 0 saturated carbocycles. The van der Waals surface area contributed by atoms with Gasteiger partial charge in [-0.15, -0.1) is 0 Å². The van der Waals surface area contributed by atoms with Crippen LogP contribution >= 0.6 is 0 Å². The van der Waals surface area contributed by atoms with Gasteiger partial charge in [0.1, 0.15) is 0 Å². The third-order valence-electron chi connectivity index (χ3n) is 3.65. The van der Waals surface area contributed by atoms with Crippen molar-refractivity contribution in [1.82, 2.24) is 4.90 Å². The van der Waals surface area contributed by atoms with E-state index >= 15 is 0 Å². The van der Waals surface area contributed by atoms with Crippen LogP contribution in [0.25, 0.3) is 0 Å². The second kappa shape index (κ2) is 16.0. The second-order valence-corrected chi connectivity index (χ2v) is 6.14. The summed E-state index contributed by atoms with van der Waals surface area (Å²) in [5.41, 5.74) is 0. The molecule has 0 amide bonds. The van der Waals surface area contributed by atoms with E-state index in [4.69, 9.17) is 0 Å². The molecule has 1 nitrogen and oxygen atoms in total. The lowest BCUT2D eigenvalue weighted by Gasteiger charge is -2.28. The predicted molar refractivity (Wildman–Crippen MR) is 90.9 cm³/mol. The van der Waals surface area contributed by atoms with Crippen LogP contribution < -0.4 is 0 Å². The van der Waals surface area contributed by atoms with Gasteiger partial charge in [0.2, 0.25) is 0 Å². The van der Waals surface area contributed by atoms with Crippen LogP contribution in [0.2, 0.25) is 0 Å². The zero-order valence-electron chi connectivity index (χ0n) is 15.0. The minimum Gasteiger partial charge on any atom is -0.299 e. The van der Waals surface area contributed by atoms with E-state index in [2.05, 4.69) is 53.4 Å². The van der Waals surface area contributed by atoms with Gasteiger partial charge in [-0.2, -0.15) is 0 Å². The molecule has 0 aliphatic heterocycles. The van der Waals surface area contributed by atoms with Crippen LogP contribution in [0.4, 0.5) is 0 Å². The molecule has 0 aromatic rings. The molecule has 0 rings (SSSR count). The minimum atomic E-state index is 0.690. The molecule has 0 N–H and O–H groups in total. The highest BCUT2D eigenvalue weighted by Crippen LogP contribution is 2.07. The van der Waals surface area contributed by atoms with Crippen LogP contribution in [0.3, 0.4) is 0 Å². The molecule has 118 valence electrons. The molecule has 0 atom stereocenters.